The first-order chi connectivity index (χ1) is 8.88. The van der Waals surface area contributed by atoms with E-state index in [9.17, 15) is 13.5 Å². The van der Waals surface area contributed by atoms with Gasteiger partial charge in [-0.1, -0.05) is 6.07 Å². The van der Waals surface area contributed by atoms with Gasteiger partial charge in [0, 0.05) is 10.5 Å². The van der Waals surface area contributed by atoms with Gasteiger partial charge in [-0.05, 0) is 66.2 Å². The average molecular weight is 348 g/mol. The molecule has 0 saturated heterocycles. The molecule has 1 fully saturated rings. The van der Waals surface area contributed by atoms with Gasteiger partial charge in [-0.3, -0.25) is 0 Å². The largest absolute Gasteiger partial charge is 0.393 e. The van der Waals surface area contributed by atoms with Crippen LogP contribution in [0.1, 0.15) is 31.2 Å². The first-order valence-electron chi connectivity index (χ1n) is 6.35. The molecule has 2 rings (SSSR count). The third-order valence-corrected chi connectivity index (χ3v) is 5.89. The predicted octanol–water partition coefficient (Wildman–Crippen LogP) is 2.34. The highest BCUT2D eigenvalue weighted by Crippen LogP contribution is 2.25. The van der Waals surface area contributed by atoms with E-state index in [0.717, 1.165) is 5.56 Å². The van der Waals surface area contributed by atoms with Crippen molar-refractivity contribution in [2.75, 3.05) is 0 Å². The van der Waals surface area contributed by atoms with Gasteiger partial charge >= 0.3 is 0 Å². The fourth-order valence-electron chi connectivity index (χ4n) is 2.30. The van der Waals surface area contributed by atoms with Crippen molar-refractivity contribution in [2.45, 2.75) is 49.6 Å². The van der Waals surface area contributed by atoms with Crippen molar-refractivity contribution in [3.63, 3.8) is 0 Å². The lowest BCUT2D eigenvalue weighted by molar-refractivity contribution is 0.120. The molecule has 1 aromatic carbocycles. The van der Waals surface area contributed by atoms with Crippen LogP contribution in [0.3, 0.4) is 0 Å². The van der Waals surface area contributed by atoms with Gasteiger partial charge in [0.25, 0.3) is 0 Å². The van der Waals surface area contributed by atoms with E-state index in [1.165, 1.54) is 0 Å². The van der Waals surface area contributed by atoms with Crippen LogP contribution in [0.15, 0.2) is 27.6 Å². The normalized spacial score (nSPS) is 24.4. The Morgan fingerprint density at radius 3 is 2.47 bits per heavy atom. The summed E-state index contributed by atoms with van der Waals surface area (Å²) in [6, 6.07) is 5.10. The van der Waals surface area contributed by atoms with Crippen LogP contribution >= 0.6 is 15.9 Å². The Bertz CT molecular complexity index is 551. The van der Waals surface area contributed by atoms with E-state index in [0.29, 0.717) is 30.2 Å². The first kappa shape index (κ1) is 15.0. The van der Waals surface area contributed by atoms with Crippen LogP contribution < -0.4 is 4.72 Å². The zero-order valence-electron chi connectivity index (χ0n) is 10.8. The van der Waals surface area contributed by atoms with Crippen LogP contribution in [-0.2, 0) is 10.0 Å². The number of rotatable bonds is 3. The zero-order valence-corrected chi connectivity index (χ0v) is 13.2. The maximum Gasteiger partial charge on any atom is 0.241 e. The van der Waals surface area contributed by atoms with Crippen molar-refractivity contribution >= 4 is 26.0 Å². The molecule has 2 N–H and O–H groups in total. The Morgan fingerprint density at radius 1 is 1.26 bits per heavy atom. The van der Waals surface area contributed by atoms with Gasteiger partial charge in [0.15, 0.2) is 0 Å². The fourth-order valence-corrected chi connectivity index (χ4v) is 4.80. The van der Waals surface area contributed by atoms with Crippen LogP contribution in [0, 0.1) is 6.92 Å². The van der Waals surface area contributed by atoms with Crippen molar-refractivity contribution < 1.29 is 13.5 Å². The molecule has 0 amide bonds. The Labute approximate surface area is 122 Å². The second kappa shape index (κ2) is 5.91. The van der Waals surface area contributed by atoms with Crippen LogP contribution in [0.4, 0.5) is 0 Å². The van der Waals surface area contributed by atoms with E-state index in [4.69, 9.17) is 0 Å². The summed E-state index contributed by atoms with van der Waals surface area (Å²) in [4.78, 5) is 0.268. The Morgan fingerprint density at radius 2 is 1.89 bits per heavy atom. The molecule has 1 aliphatic rings. The molecule has 1 aromatic rings. The Balaban J connectivity index is 2.14. The van der Waals surface area contributed by atoms with Crippen molar-refractivity contribution in [1.29, 1.82) is 0 Å². The third kappa shape index (κ3) is 3.78. The van der Waals surface area contributed by atoms with Gasteiger partial charge < -0.3 is 5.11 Å². The molecule has 0 aromatic heterocycles. The third-order valence-electron chi connectivity index (χ3n) is 3.40. The molecule has 6 heteroatoms. The molecule has 0 aliphatic heterocycles. The highest BCUT2D eigenvalue weighted by atomic mass is 79.9. The smallest absolute Gasteiger partial charge is 0.241 e. The fraction of sp³-hybridized carbons (Fsp3) is 0.538. The SMILES string of the molecule is Cc1ccc(S(=O)(=O)NC2CCC(O)CC2)c(Br)c1. The van der Waals surface area contributed by atoms with Gasteiger partial charge in [0.1, 0.15) is 0 Å². The molecule has 0 heterocycles. The molecule has 0 radical (unpaired) electrons. The highest BCUT2D eigenvalue weighted by Gasteiger charge is 2.25. The number of aryl methyl sites for hydroxylation is 1. The van der Waals surface area contributed by atoms with Gasteiger partial charge in [-0.2, -0.15) is 0 Å². The number of nitrogens with one attached hydrogen (secondary N) is 1. The summed E-state index contributed by atoms with van der Waals surface area (Å²) in [5, 5.41) is 9.43. The number of aliphatic hydroxyl groups is 1. The molecule has 4 nitrogen and oxygen atoms in total. The summed E-state index contributed by atoms with van der Waals surface area (Å²) in [6.45, 7) is 1.91. The maximum absolute atomic E-state index is 12.3. The molecule has 1 aliphatic carbocycles. The summed E-state index contributed by atoms with van der Waals surface area (Å²) in [5.74, 6) is 0. The van der Waals surface area contributed by atoms with Crippen molar-refractivity contribution in [3.05, 3.63) is 28.2 Å². The average Bonchev–Trinajstić information content (AvgIpc) is 2.31. The summed E-state index contributed by atoms with van der Waals surface area (Å²) >= 11 is 3.30. The van der Waals surface area contributed by atoms with Crippen molar-refractivity contribution in [3.8, 4) is 0 Å². The minimum Gasteiger partial charge on any atom is -0.393 e. The van der Waals surface area contributed by atoms with E-state index in [-0.39, 0.29) is 17.0 Å². The Hall–Kier alpha value is -0.430. The number of benzene rings is 1. The van der Waals surface area contributed by atoms with E-state index >= 15 is 0 Å². The molecule has 106 valence electrons. The quantitative estimate of drug-likeness (QED) is 0.881. The van der Waals surface area contributed by atoms with Gasteiger partial charge in [0.2, 0.25) is 10.0 Å². The number of hydrogen-bond donors (Lipinski definition) is 2. The van der Waals surface area contributed by atoms with Gasteiger partial charge in [0.05, 0.1) is 11.0 Å². The summed E-state index contributed by atoms with van der Waals surface area (Å²) in [6.07, 6.45) is 2.39. The topological polar surface area (TPSA) is 66.4 Å². The molecular formula is C13H18BrNO3S. The molecule has 0 bridgehead atoms. The van der Waals surface area contributed by atoms with E-state index in [2.05, 4.69) is 20.7 Å². The van der Waals surface area contributed by atoms with Crippen molar-refractivity contribution in [2.24, 2.45) is 0 Å². The minimum atomic E-state index is -3.50. The minimum absolute atomic E-state index is 0.0818. The van der Waals surface area contributed by atoms with Crippen LogP contribution in [0.25, 0.3) is 0 Å². The molecule has 19 heavy (non-hydrogen) atoms. The Kier molecular flexibility index (Phi) is 4.66. The highest BCUT2D eigenvalue weighted by molar-refractivity contribution is 9.10. The van der Waals surface area contributed by atoms with Gasteiger partial charge in [-0.25, -0.2) is 13.1 Å². The summed E-state index contributed by atoms with van der Waals surface area (Å²) in [7, 11) is -3.50. The van der Waals surface area contributed by atoms with E-state index < -0.39 is 10.0 Å². The lowest BCUT2D eigenvalue weighted by atomic mass is 9.94. The van der Waals surface area contributed by atoms with Gasteiger partial charge in [-0.15, -0.1) is 0 Å². The maximum atomic E-state index is 12.3. The zero-order chi connectivity index (χ0) is 14.0. The number of aliphatic hydroxyl groups excluding tert-OH is 1. The van der Waals surface area contributed by atoms with Crippen molar-refractivity contribution in [1.82, 2.24) is 4.72 Å². The van der Waals surface area contributed by atoms with E-state index in [1.807, 2.05) is 6.92 Å². The molecule has 0 spiro atoms. The van der Waals surface area contributed by atoms with E-state index in [1.54, 1.807) is 18.2 Å². The van der Waals surface area contributed by atoms with Crippen LogP contribution in [-0.4, -0.2) is 25.7 Å². The second-order valence-corrected chi connectivity index (χ2v) is 7.60. The molecular weight excluding hydrogens is 330 g/mol. The first-order valence-corrected chi connectivity index (χ1v) is 8.62. The second-order valence-electron chi connectivity index (χ2n) is 5.06. The number of halogens is 1. The predicted molar refractivity (Wildman–Crippen MR) is 77.5 cm³/mol. The standard InChI is InChI=1S/C13H18BrNO3S/c1-9-2-7-13(12(14)8-9)19(17,18)15-10-3-5-11(16)6-4-10/h2,7-8,10-11,15-16H,3-6H2,1H3. The molecule has 1 saturated carbocycles. The lowest BCUT2D eigenvalue weighted by Crippen LogP contribution is -2.38. The van der Waals surface area contributed by atoms with Crippen LogP contribution in [0.2, 0.25) is 0 Å². The summed E-state index contributed by atoms with van der Waals surface area (Å²) < 4.78 is 27.9. The van der Waals surface area contributed by atoms with Crippen LogP contribution in [0.5, 0.6) is 0 Å². The number of sulfonamides is 1. The monoisotopic (exact) mass is 347 g/mol. The number of hydrogen-bond acceptors (Lipinski definition) is 3. The summed E-state index contributed by atoms with van der Waals surface area (Å²) in [5.41, 5.74) is 1.01. The molecule has 0 atom stereocenters. The lowest BCUT2D eigenvalue weighted by Gasteiger charge is -2.26. The molecule has 0 unspecified atom stereocenters.